The molecule has 1 nitrogen and oxygen atoms in total. The number of rotatable bonds is 4. The van der Waals surface area contributed by atoms with E-state index in [1.165, 1.54) is 12.0 Å². The first-order chi connectivity index (χ1) is 7.22. The van der Waals surface area contributed by atoms with E-state index in [4.69, 9.17) is 11.6 Å². The van der Waals surface area contributed by atoms with E-state index in [0.717, 1.165) is 23.3 Å². The Morgan fingerprint density at radius 3 is 2.67 bits per heavy atom. The zero-order valence-electron chi connectivity index (χ0n) is 9.33. The molecule has 15 heavy (non-hydrogen) atoms. The molecule has 1 aliphatic rings. The lowest BCUT2D eigenvalue weighted by Crippen LogP contribution is -2.30. The maximum atomic E-state index is 6.16. The van der Waals surface area contributed by atoms with E-state index in [0.29, 0.717) is 6.04 Å². The van der Waals surface area contributed by atoms with Crippen molar-refractivity contribution in [2.75, 3.05) is 7.05 Å². The van der Waals surface area contributed by atoms with Gasteiger partial charge < -0.3 is 5.32 Å². The first-order valence-corrected chi connectivity index (χ1v) is 6.01. The van der Waals surface area contributed by atoms with Gasteiger partial charge in [0.2, 0.25) is 0 Å². The van der Waals surface area contributed by atoms with Crippen LogP contribution in [0.15, 0.2) is 24.3 Å². The highest BCUT2D eigenvalue weighted by atomic mass is 35.5. The first kappa shape index (κ1) is 11.0. The summed E-state index contributed by atoms with van der Waals surface area (Å²) in [5.74, 6) is 1.72. The van der Waals surface area contributed by atoms with Gasteiger partial charge in [0.25, 0.3) is 0 Å². The summed E-state index contributed by atoms with van der Waals surface area (Å²) in [7, 11) is 2.05. The summed E-state index contributed by atoms with van der Waals surface area (Å²) >= 11 is 6.16. The zero-order chi connectivity index (χ0) is 10.8. The minimum Gasteiger partial charge on any atom is -0.316 e. The number of hydrogen-bond acceptors (Lipinski definition) is 1. The molecule has 0 heterocycles. The third-order valence-corrected chi connectivity index (χ3v) is 3.83. The van der Waals surface area contributed by atoms with Crippen LogP contribution in [0, 0.1) is 11.8 Å². The van der Waals surface area contributed by atoms with Crippen LogP contribution in [0.1, 0.15) is 18.9 Å². The molecular weight excluding hydrogens is 206 g/mol. The summed E-state index contributed by atoms with van der Waals surface area (Å²) in [5.41, 5.74) is 1.26. The van der Waals surface area contributed by atoms with Crippen LogP contribution in [-0.2, 0) is 6.42 Å². The van der Waals surface area contributed by atoms with E-state index in [1.54, 1.807) is 0 Å². The normalized spacial score (nSPS) is 26.3. The van der Waals surface area contributed by atoms with Gasteiger partial charge in [0.1, 0.15) is 0 Å². The molecule has 2 rings (SSSR count). The number of benzene rings is 1. The van der Waals surface area contributed by atoms with Crippen LogP contribution in [0.25, 0.3) is 0 Å². The molecular formula is C13H18ClN. The number of hydrogen-bond donors (Lipinski definition) is 1. The highest BCUT2D eigenvalue weighted by molar-refractivity contribution is 6.31. The second-order valence-electron chi connectivity index (χ2n) is 4.57. The van der Waals surface area contributed by atoms with E-state index < -0.39 is 0 Å². The quantitative estimate of drug-likeness (QED) is 0.827. The van der Waals surface area contributed by atoms with Crippen molar-refractivity contribution in [1.82, 2.24) is 5.32 Å². The van der Waals surface area contributed by atoms with Gasteiger partial charge in [-0.15, -0.1) is 0 Å². The molecule has 0 aromatic heterocycles. The molecule has 3 atom stereocenters. The van der Waals surface area contributed by atoms with Crippen molar-refractivity contribution in [3.8, 4) is 0 Å². The maximum Gasteiger partial charge on any atom is 0.0438 e. The lowest BCUT2D eigenvalue weighted by Gasteiger charge is -2.16. The molecule has 1 N–H and O–H groups in total. The molecule has 1 aromatic carbocycles. The topological polar surface area (TPSA) is 12.0 Å². The van der Waals surface area contributed by atoms with Gasteiger partial charge in [0, 0.05) is 11.1 Å². The van der Waals surface area contributed by atoms with Crippen LogP contribution in [0.4, 0.5) is 0 Å². The molecule has 1 fully saturated rings. The lowest BCUT2D eigenvalue weighted by atomic mass is 10.0. The van der Waals surface area contributed by atoms with Crippen LogP contribution in [0.2, 0.25) is 5.02 Å². The summed E-state index contributed by atoms with van der Waals surface area (Å²) in [6.45, 7) is 2.32. The molecule has 0 aliphatic heterocycles. The fourth-order valence-corrected chi connectivity index (χ4v) is 2.49. The second-order valence-corrected chi connectivity index (χ2v) is 4.97. The minimum absolute atomic E-state index is 0.583. The lowest BCUT2D eigenvalue weighted by molar-refractivity contribution is 0.479. The van der Waals surface area contributed by atoms with Gasteiger partial charge in [-0.3, -0.25) is 0 Å². The van der Waals surface area contributed by atoms with Gasteiger partial charge in [0.15, 0.2) is 0 Å². The molecule has 82 valence electrons. The Hall–Kier alpha value is -0.530. The van der Waals surface area contributed by atoms with Crippen LogP contribution in [-0.4, -0.2) is 13.1 Å². The largest absolute Gasteiger partial charge is 0.316 e. The first-order valence-electron chi connectivity index (χ1n) is 5.63. The fourth-order valence-electron chi connectivity index (χ4n) is 2.28. The summed E-state index contributed by atoms with van der Waals surface area (Å²) < 4.78 is 0. The molecule has 0 saturated heterocycles. The summed E-state index contributed by atoms with van der Waals surface area (Å²) in [6.07, 6.45) is 2.40. The Morgan fingerprint density at radius 1 is 1.47 bits per heavy atom. The molecule has 2 heteroatoms. The standard InChI is InChI=1S/C13H18ClN/c1-9-7-11(9)13(15-2)8-10-5-3-4-6-12(10)14/h3-6,9,11,13,15H,7-8H2,1-2H3. The number of nitrogens with one attached hydrogen (secondary N) is 1. The van der Waals surface area contributed by atoms with Gasteiger partial charge >= 0.3 is 0 Å². The molecule has 0 amide bonds. The predicted octanol–water partition coefficient (Wildman–Crippen LogP) is 3.13. The second kappa shape index (κ2) is 4.54. The SMILES string of the molecule is CNC(Cc1ccccc1Cl)C1CC1C. The van der Waals surface area contributed by atoms with Crippen LogP contribution >= 0.6 is 11.6 Å². The summed E-state index contributed by atoms with van der Waals surface area (Å²) in [5, 5.41) is 4.31. The van der Waals surface area contributed by atoms with Gasteiger partial charge in [-0.25, -0.2) is 0 Å². The van der Waals surface area contributed by atoms with E-state index in [1.807, 2.05) is 19.2 Å². The number of halogens is 1. The Balaban J connectivity index is 2.03. The Labute approximate surface area is 96.8 Å². The van der Waals surface area contributed by atoms with Crippen molar-refractivity contribution < 1.29 is 0 Å². The molecule has 1 aliphatic carbocycles. The molecule has 0 radical (unpaired) electrons. The third-order valence-electron chi connectivity index (χ3n) is 3.46. The van der Waals surface area contributed by atoms with Crippen LogP contribution in [0.5, 0.6) is 0 Å². The molecule has 1 aromatic rings. The van der Waals surface area contributed by atoms with E-state index in [2.05, 4.69) is 24.4 Å². The Kier molecular flexibility index (Phi) is 3.32. The molecule has 0 spiro atoms. The van der Waals surface area contributed by atoms with Gasteiger partial charge in [-0.2, -0.15) is 0 Å². The zero-order valence-corrected chi connectivity index (χ0v) is 10.1. The number of likely N-dealkylation sites (N-methyl/N-ethyl adjacent to an activating group) is 1. The molecule has 3 unspecified atom stereocenters. The van der Waals surface area contributed by atoms with Crippen molar-refractivity contribution in [1.29, 1.82) is 0 Å². The highest BCUT2D eigenvalue weighted by Gasteiger charge is 2.38. The van der Waals surface area contributed by atoms with Crippen molar-refractivity contribution in [2.45, 2.75) is 25.8 Å². The van der Waals surface area contributed by atoms with Crippen molar-refractivity contribution >= 4 is 11.6 Å². The average molecular weight is 224 g/mol. The minimum atomic E-state index is 0.583. The Morgan fingerprint density at radius 2 is 2.13 bits per heavy atom. The maximum absolute atomic E-state index is 6.16. The summed E-state index contributed by atoms with van der Waals surface area (Å²) in [6, 6.07) is 8.73. The van der Waals surface area contributed by atoms with E-state index >= 15 is 0 Å². The Bertz CT molecular complexity index is 337. The van der Waals surface area contributed by atoms with Crippen LogP contribution in [0.3, 0.4) is 0 Å². The van der Waals surface area contributed by atoms with Gasteiger partial charge in [-0.05, 0) is 43.4 Å². The van der Waals surface area contributed by atoms with Crippen LogP contribution < -0.4 is 5.32 Å². The van der Waals surface area contributed by atoms with E-state index in [9.17, 15) is 0 Å². The van der Waals surface area contributed by atoms with Gasteiger partial charge in [-0.1, -0.05) is 36.7 Å². The van der Waals surface area contributed by atoms with Crippen molar-refractivity contribution in [2.24, 2.45) is 11.8 Å². The smallest absolute Gasteiger partial charge is 0.0438 e. The highest BCUT2D eigenvalue weighted by Crippen LogP contribution is 2.41. The molecule has 0 bridgehead atoms. The summed E-state index contributed by atoms with van der Waals surface area (Å²) in [4.78, 5) is 0. The predicted molar refractivity (Wildman–Crippen MR) is 65.3 cm³/mol. The van der Waals surface area contributed by atoms with Crippen molar-refractivity contribution in [3.05, 3.63) is 34.9 Å². The third kappa shape index (κ3) is 2.53. The van der Waals surface area contributed by atoms with E-state index in [-0.39, 0.29) is 0 Å². The van der Waals surface area contributed by atoms with Crippen molar-refractivity contribution in [3.63, 3.8) is 0 Å². The van der Waals surface area contributed by atoms with Gasteiger partial charge in [0.05, 0.1) is 0 Å². The monoisotopic (exact) mass is 223 g/mol. The molecule has 1 saturated carbocycles. The average Bonchev–Trinajstić information content (AvgIpc) is 2.94. The fraction of sp³-hybridized carbons (Fsp3) is 0.538.